The number of nitrogens with zero attached hydrogens (tertiary/aromatic N) is 2. The highest BCUT2D eigenvalue weighted by atomic mass is 32.2. The number of hydrogen-bond acceptors (Lipinski definition) is 5. The monoisotopic (exact) mass is 368 g/mol. The van der Waals surface area contributed by atoms with E-state index in [2.05, 4.69) is 20.0 Å². The van der Waals surface area contributed by atoms with Crippen LogP contribution in [0.4, 0.5) is 17.2 Å². The minimum atomic E-state index is -3.63. The van der Waals surface area contributed by atoms with Gasteiger partial charge in [-0.05, 0) is 56.7 Å². The Hall–Kier alpha value is -2.93. The second-order valence-electron chi connectivity index (χ2n) is 6.12. The summed E-state index contributed by atoms with van der Waals surface area (Å²) in [5, 5.41) is 3.15. The zero-order chi connectivity index (χ0) is 18.7. The number of nitrogens with one attached hydrogen (secondary N) is 2. The molecule has 0 fully saturated rings. The molecule has 0 unspecified atom stereocenters. The Labute approximate surface area is 153 Å². The zero-order valence-electron chi connectivity index (χ0n) is 14.8. The molecular weight excluding hydrogens is 348 g/mol. The quantitative estimate of drug-likeness (QED) is 0.712. The highest BCUT2D eigenvalue weighted by Gasteiger charge is 2.16. The van der Waals surface area contributed by atoms with Gasteiger partial charge in [0.15, 0.2) is 0 Å². The summed E-state index contributed by atoms with van der Waals surface area (Å²) in [6.45, 7) is 5.61. The Bertz CT molecular complexity index is 1030. The Morgan fingerprint density at radius 2 is 1.54 bits per heavy atom. The molecule has 3 aromatic rings. The smallest absolute Gasteiger partial charge is 0.262 e. The predicted octanol–water partition coefficient (Wildman–Crippen LogP) is 3.95. The van der Waals surface area contributed by atoms with Gasteiger partial charge in [0.05, 0.1) is 4.90 Å². The van der Waals surface area contributed by atoms with Gasteiger partial charge < -0.3 is 5.32 Å². The highest BCUT2D eigenvalue weighted by Crippen LogP contribution is 2.22. The summed E-state index contributed by atoms with van der Waals surface area (Å²) in [5.74, 6) is 0.682. The fraction of sp³-hybridized carbons (Fsp3) is 0.158. The van der Waals surface area contributed by atoms with Gasteiger partial charge in [-0.25, -0.2) is 18.4 Å². The largest absolute Gasteiger partial charge is 0.340 e. The second kappa shape index (κ2) is 7.13. The first-order chi connectivity index (χ1) is 12.3. The molecular formula is C19H20N4O2S. The van der Waals surface area contributed by atoms with Crippen molar-refractivity contribution in [3.63, 3.8) is 0 Å². The lowest BCUT2D eigenvalue weighted by atomic mass is 10.2. The molecule has 134 valence electrons. The molecule has 0 amide bonds. The van der Waals surface area contributed by atoms with Gasteiger partial charge >= 0.3 is 0 Å². The number of aromatic nitrogens is 2. The topological polar surface area (TPSA) is 84.0 Å². The molecule has 26 heavy (non-hydrogen) atoms. The van der Waals surface area contributed by atoms with E-state index in [9.17, 15) is 8.42 Å². The standard InChI is InChI=1S/C19H20N4O2S/c1-13-4-9-18(14(2)10-13)26(24,25)23-17-7-5-16(6-8-17)22-19-11-15(3)20-12-21-19/h4-12,23H,1-3H3,(H,20,21,22). The summed E-state index contributed by atoms with van der Waals surface area (Å²) in [7, 11) is -3.63. The average Bonchev–Trinajstić information content (AvgIpc) is 2.56. The second-order valence-corrected chi connectivity index (χ2v) is 7.77. The fourth-order valence-corrected chi connectivity index (χ4v) is 3.89. The molecule has 0 atom stereocenters. The summed E-state index contributed by atoms with van der Waals surface area (Å²) < 4.78 is 27.8. The summed E-state index contributed by atoms with van der Waals surface area (Å²) in [4.78, 5) is 8.47. The first-order valence-corrected chi connectivity index (χ1v) is 9.58. The third-order valence-corrected chi connectivity index (χ3v) is 5.37. The van der Waals surface area contributed by atoms with E-state index in [4.69, 9.17) is 0 Å². The molecule has 0 aliphatic carbocycles. The molecule has 0 aliphatic heterocycles. The van der Waals surface area contributed by atoms with E-state index in [0.717, 1.165) is 22.5 Å². The van der Waals surface area contributed by atoms with Gasteiger partial charge in [0.25, 0.3) is 10.0 Å². The Morgan fingerprint density at radius 1 is 0.846 bits per heavy atom. The van der Waals surface area contributed by atoms with E-state index < -0.39 is 10.0 Å². The first kappa shape index (κ1) is 17.9. The lowest BCUT2D eigenvalue weighted by Gasteiger charge is -2.12. The van der Waals surface area contributed by atoms with Crippen molar-refractivity contribution in [1.29, 1.82) is 0 Å². The number of benzene rings is 2. The first-order valence-electron chi connectivity index (χ1n) is 8.09. The molecule has 0 aliphatic rings. The van der Waals surface area contributed by atoms with Crippen molar-refractivity contribution in [2.75, 3.05) is 10.0 Å². The van der Waals surface area contributed by atoms with Crippen molar-refractivity contribution in [1.82, 2.24) is 9.97 Å². The summed E-state index contributed by atoms with van der Waals surface area (Å²) in [6, 6.07) is 14.1. The van der Waals surface area contributed by atoms with Crippen LogP contribution in [-0.2, 0) is 10.0 Å². The molecule has 0 radical (unpaired) electrons. The molecule has 0 saturated carbocycles. The lowest BCUT2D eigenvalue weighted by Crippen LogP contribution is -2.14. The third kappa shape index (κ3) is 4.18. The van der Waals surface area contributed by atoms with Crippen molar-refractivity contribution in [3.05, 3.63) is 71.7 Å². The van der Waals surface area contributed by atoms with Crippen LogP contribution in [0.2, 0.25) is 0 Å². The molecule has 0 bridgehead atoms. The molecule has 2 N–H and O–H groups in total. The van der Waals surface area contributed by atoms with Gasteiger partial charge in [-0.1, -0.05) is 17.7 Å². The molecule has 3 rings (SSSR count). The maximum absolute atomic E-state index is 12.6. The van der Waals surface area contributed by atoms with Crippen LogP contribution in [-0.4, -0.2) is 18.4 Å². The summed E-state index contributed by atoms with van der Waals surface area (Å²) in [5.41, 5.74) is 3.90. The molecule has 2 aromatic carbocycles. The molecule has 1 heterocycles. The number of hydrogen-bond donors (Lipinski definition) is 2. The molecule has 7 heteroatoms. The molecule has 1 aromatic heterocycles. The fourth-order valence-electron chi connectivity index (χ4n) is 2.60. The van der Waals surface area contributed by atoms with Crippen molar-refractivity contribution in [3.8, 4) is 0 Å². The molecule has 0 saturated heterocycles. The van der Waals surface area contributed by atoms with E-state index >= 15 is 0 Å². The maximum atomic E-state index is 12.6. The van der Waals surface area contributed by atoms with E-state index in [1.807, 2.05) is 26.0 Å². The number of aryl methyl sites for hydroxylation is 3. The van der Waals surface area contributed by atoms with Crippen LogP contribution >= 0.6 is 0 Å². The Morgan fingerprint density at radius 3 is 2.19 bits per heavy atom. The SMILES string of the molecule is Cc1ccc(S(=O)(=O)Nc2ccc(Nc3cc(C)ncn3)cc2)c(C)c1. The number of rotatable bonds is 5. The number of anilines is 3. The van der Waals surface area contributed by atoms with Gasteiger partial charge in [0.1, 0.15) is 12.1 Å². The van der Waals surface area contributed by atoms with Crippen molar-refractivity contribution >= 4 is 27.2 Å². The van der Waals surface area contributed by atoms with E-state index in [-0.39, 0.29) is 4.90 Å². The Kier molecular flexibility index (Phi) is 4.90. The third-order valence-electron chi connectivity index (χ3n) is 3.83. The summed E-state index contributed by atoms with van der Waals surface area (Å²) in [6.07, 6.45) is 1.49. The average molecular weight is 368 g/mol. The van der Waals surface area contributed by atoms with Crippen LogP contribution in [0.3, 0.4) is 0 Å². The predicted molar refractivity (Wildman–Crippen MR) is 103 cm³/mol. The normalized spacial score (nSPS) is 11.2. The van der Waals surface area contributed by atoms with E-state index in [1.54, 1.807) is 43.3 Å². The highest BCUT2D eigenvalue weighted by molar-refractivity contribution is 7.92. The van der Waals surface area contributed by atoms with Crippen LogP contribution in [0.15, 0.2) is 59.8 Å². The van der Waals surface area contributed by atoms with Crippen LogP contribution < -0.4 is 10.0 Å². The van der Waals surface area contributed by atoms with Gasteiger partial charge in [-0.2, -0.15) is 0 Å². The van der Waals surface area contributed by atoms with Gasteiger partial charge in [-0.15, -0.1) is 0 Å². The van der Waals surface area contributed by atoms with Crippen LogP contribution in [0.1, 0.15) is 16.8 Å². The van der Waals surface area contributed by atoms with Crippen LogP contribution in [0.5, 0.6) is 0 Å². The minimum absolute atomic E-state index is 0.279. The van der Waals surface area contributed by atoms with Crippen molar-refractivity contribution < 1.29 is 8.42 Å². The van der Waals surface area contributed by atoms with Gasteiger partial charge in [0, 0.05) is 23.1 Å². The van der Waals surface area contributed by atoms with Gasteiger partial charge in [0.2, 0.25) is 0 Å². The maximum Gasteiger partial charge on any atom is 0.262 e. The number of sulfonamides is 1. The van der Waals surface area contributed by atoms with Crippen molar-refractivity contribution in [2.24, 2.45) is 0 Å². The van der Waals surface area contributed by atoms with Crippen LogP contribution in [0.25, 0.3) is 0 Å². The lowest BCUT2D eigenvalue weighted by molar-refractivity contribution is 0.600. The Balaban J connectivity index is 1.76. The van der Waals surface area contributed by atoms with Crippen LogP contribution in [0, 0.1) is 20.8 Å². The van der Waals surface area contributed by atoms with E-state index in [1.165, 1.54) is 6.33 Å². The van der Waals surface area contributed by atoms with Gasteiger partial charge in [-0.3, -0.25) is 4.72 Å². The minimum Gasteiger partial charge on any atom is -0.340 e. The molecule has 0 spiro atoms. The van der Waals surface area contributed by atoms with E-state index in [0.29, 0.717) is 11.5 Å². The zero-order valence-corrected chi connectivity index (χ0v) is 15.6. The molecule has 6 nitrogen and oxygen atoms in total. The van der Waals surface area contributed by atoms with Crippen molar-refractivity contribution in [2.45, 2.75) is 25.7 Å². The summed E-state index contributed by atoms with van der Waals surface area (Å²) >= 11 is 0.